The first kappa shape index (κ1) is 17.7. The molecular formula is C21H25N5OS. The van der Waals surface area contributed by atoms with Gasteiger partial charge in [-0.05, 0) is 37.8 Å². The zero-order valence-electron chi connectivity index (χ0n) is 16.3. The van der Waals surface area contributed by atoms with Gasteiger partial charge in [0, 0.05) is 54.7 Å². The third-order valence-electron chi connectivity index (χ3n) is 6.06. The highest BCUT2D eigenvalue weighted by Gasteiger charge is 2.35. The molecule has 7 heteroatoms. The van der Waals surface area contributed by atoms with Gasteiger partial charge in [-0.3, -0.25) is 4.79 Å². The third kappa shape index (κ3) is 3.07. The number of H-pyrrole nitrogens is 1. The van der Waals surface area contributed by atoms with Crippen molar-refractivity contribution in [1.82, 2.24) is 19.9 Å². The fourth-order valence-corrected chi connectivity index (χ4v) is 5.06. The molecule has 2 aliphatic rings. The molecule has 1 saturated heterocycles. The summed E-state index contributed by atoms with van der Waals surface area (Å²) in [7, 11) is 0. The maximum absolute atomic E-state index is 12.6. The number of hydrogen-bond acceptors (Lipinski definition) is 5. The Hall–Kier alpha value is -2.41. The van der Waals surface area contributed by atoms with Gasteiger partial charge in [-0.25, -0.2) is 9.97 Å². The number of hydrogen-bond donors (Lipinski definition) is 1. The number of aromatic nitrogens is 3. The second kappa shape index (κ2) is 6.88. The second-order valence-corrected chi connectivity index (χ2v) is 9.18. The van der Waals surface area contributed by atoms with E-state index in [1.807, 2.05) is 13.1 Å². The van der Waals surface area contributed by atoms with Crippen molar-refractivity contribution in [2.75, 3.05) is 31.1 Å². The number of pyridine rings is 1. The third-order valence-corrected chi connectivity index (χ3v) is 6.83. The number of rotatable bonds is 3. The van der Waals surface area contributed by atoms with Gasteiger partial charge in [-0.2, -0.15) is 0 Å². The van der Waals surface area contributed by atoms with Crippen molar-refractivity contribution in [3.63, 3.8) is 0 Å². The molecule has 28 heavy (non-hydrogen) atoms. The molecule has 1 amide bonds. The molecule has 0 spiro atoms. The van der Waals surface area contributed by atoms with Crippen molar-refractivity contribution < 1.29 is 4.79 Å². The largest absolute Gasteiger partial charge is 0.367 e. The summed E-state index contributed by atoms with van der Waals surface area (Å²) in [5.41, 5.74) is 4.05. The molecule has 0 radical (unpaired) electrons. The number of aryl methyl sites for hydroxylation is 1. The Kier molecular flexibility index (Phi) is 4.34. The fourth-order valence-electron chi connectivity index (χ4n) is 4.44. The Morgan fingerprint density at radius 1 is 1.25 bits per heavy atom. The number of piperazine rings is 1. The summed E-state index contributed by atoms with van der Waals surface area (Å²) in [4.78, 5) is 29.6. The first-order valence-corrected chi connectivity index (χ1v) is 10.9. The van der Waals surface area contributed by atoms with Crippen LogP contribution < -0.4 is 4.90 Å². The van der Waals surface area contributed by atoms with Gasteiger partial charge in [0.25, 0.3) is 0 Å². The van der Waals surface area contributed by atoms with E-state index >= 15 is 0 Å². The van der Waals surface area contributed by atoms with Gasteiger partial charge in [-0.1, -0.05) is 6.92 Å². The minimum Gasteiger partial charge on any atom is -0.367 e. The predicted molar refractivity (Wildman–Crippen MR) is 113 cm³/mol. The van der Waals surface area contributed by atoms with E-state index in [-0.39, 0.29) is 5.92 Å². The van der Waals surface area contributed by atoms with Crippen molar-refractivity contribution in [1.29, 1.82) is 0 Å². The number of fused-ring (bicyclic) bond motifs is 1. The average molecular weight is 396 g/mol. The summed E-state index contributed by atoms with van der Waals surface area (Å²) in [6, 6.07) is 4.23. The van der Waals surface area contributed by atoms with Crippen molar-refractivity contribution in [3.05, 3.63) is 28.7 Å². The zero-order chi connectivity index (χ0) is 19.3. The Bertz CT molecular complexity index is 1010. The van der Waals surface area contributed by atoms with Crippen LogP contribution in [0, 0.1) is 18.8 Å². The summed E-state index contributed by atoms with van der Waals surface area (Å²) in [6.45, 7) is 7.58. The summed E-state index contributed by atoms with van der Waals surface area (Å²) in [5.74, 6) is 1.34. The van der Waals surface area contributed by atoms with Crippen LogP contribution in [-0.4, -0.2) is 51.9 Å². The van der Waals surface area contributed by atoms with Gasteiger partial charge in [0.05, 0.1) is 16.4 Å². The van der Waals surface area contributed by atoms with E-state index in [2.05, 4.69) is 49.2 Å². The SMILES string of the molecule is Cc1nc(-c2cc3c(N4CCN(C(=O)C5CC(C)C5)CC4)ccnc3[nH]2)cs1. The molecule has 146 valence electrons. The molecule has 1 aliphatic carbocycles. The number of thiazole rings is 1. The average Bonchev–Trinajstić information content (AvgIpc) is 3.31. The molecule has 4 heterocycles. The maximum Gasteiger partial charge on any atom is 0.225 e. The van der Waals surface area contributed by atoms with E-state index in [1.54, 1.807) is 11.3 Å². The molecule has 5 rings (SSSR count). The Morgan fingerprint density at radius 3 is 2.71 bits per heavy atom. The van der Waals surface area contributed by atoms with Crippen LogP contribution in [0.3, 0.4) is 0 Å². The van der Waals surface area contributed by atoms with Crippen LogP contribution in [0.4, 0.5) is 5.69 Å². The lowest BCUT2D eigenvalue weighted by Crippen LogP contribution is -2.52. The number of carbonyl (C=O) groups is 1. The van der Waals surface area contributed by atoms with Gasteiger partial charge in [-0.15, -0.1) is 11.3 Å². The van der Waals surface area contributed by atoms with Crippen LogP contribution in [-0.2, 0) is 4.79 Å². The number of aromatic amines is 1. The molecule has 0 aromatic carbocycles. The highest BCUT2D eigenvalue weighted by molar-refractivity contribution is 7.09. The number of nitrogens with one attached hydrogen (secondary N) is 1. The lowest BCUT2D eigenvalue weighted by atomic mass is 9.75. The first-order valence-electron chi connectivity index (χ1n) is 10.0. The van der Waals surface area contributed by atoms with Gasteiger partial charge >= 0.3 is 0 Å². The molecule has 1 aliphatic heterocycles. The number of anilines is 1. The fraction of sp³-hybridized carbons (Fsp3) is 0.476. The molecule has 3 aromatic heterocycles. The van der Waals surface area contributed by atoms with E-state index in [0.29, 0.717) is 11.8 Å². The van der Waals surface area contributed by atoms with Crippen LogP contribution in [0.1, 0.15) is 24.8 Å². The van der Waals surface area contributed by atoms with Gasteiger partial charge in [0.1, 0.15) is 5.65 Å². The lowest BCUT2D eigenvalue weighted by Gasteiger charge is -2.40. The first-order chi connectivity index (χ1) is 13.6. The molecule has 0 unspecified atom stereocenters. The van der Waals surface area contributed by atoms with Gasteiger partial charge < -0.3 is 14.8 Å². The lowest BCUT2D eigenvalue weighted by molar-refractivity contribution is -0.140. The minimum absolute atomic E-state index is 0.267. The van der Waals surface area contributed by atoms with E-state index in [1.165, 1.54) is 5.69 Å². The molecule has 0 atom stereocenters. The van der Waals surface area contributed by atoms with Crippen LogP contribution in [0.15, 0.2) is 23.7 Å². The van der Waals surface area contributed by atoms with Crippen LogP contribution in [0.25, 0.3) is 22.4 Å². The van der Waals surface area contributed by atoms with Crippen molar-refractivity contribution in [3.8, 4) is 11.4 Å². The van der Waals surface area contributed by atoms with E-state index in [0.717, 1.165) is 66.4 Å². The number of nitrogens with zero attached hydrogens (tertiary/aromatic N) is 4. The molecule has 1 N–H and O–H groups in total. The predicted octanol–water partition coefficient (Wildman–Crippen LogP) is 3.69. The van der Waals surface area contributed by atoms with Gasteiger partial charge in [0.15, 0.2) is 0 Å². The minimum atomic E-state index is 0.267. The highest BCUT2D eigenvalue weighted by Crippen LogP contribution is 2.35. The Labute approximate surface area is 168 Å². The molecule has 1 saturated carbocycles. The summed E-state index contributed by atoms with van der Waals surface area (Å²) >= 11 is 1.65. The zero-order valence-corrected chi connectivity index (χ0v) is 17.1. The normalized spacial score (nSPS) is 22.5. The summed E-state index contributed by atoms with van der Waals surface area (Å²) < 4.78 is 0. The molecular weight excluding hydrogens is 370 g/mol. The van der Waals surface area contributed by atoms with Crippen LogP contribution in [0.5, 0.6) is 0 Å². The quantitative estimate of drug-likeness (QED) is 0.735. The summed E-state index contributed by atoms with van der Waals surface area (Å²) in [5, 5.41) is 4.25. The standard InChI is InChI=1S/C21H25N5OS/c1-13-9-15(10-13)21(27)26-7-5-25(6-8-26)19-3-4-22-20-16(19)11-17(24-20)18-12-28-14(2)23-18/h3-4,11-13,15H,5-10H2,1-2H3,(H,22,24). The Morgan fingerprint density at radius 2 is 2.04 bits per heavy atom. The van der Waals surface area contributed by atoms with Gasteiger partial charge in [0.2, 0.25) is 5.91 Å². The van der Waals surface area contributed by atoms with Crippen LogP contribution >= 0.6 is 11.3 Å². The highest BCUT2D eigenvalue weighted by atomic mass is 32.1. The van der Waals surface area contributed by atoms with E-state index in [4.69, 9.17) is 0 Å². The van der Waals surface area contributed by atoms with E-state index < -0.39 is 0 Å². The monoisotopic (exact) mass is 395 g/mol. The summed E-state index contributed by atoms with van der Waals surface area (Å²) in [6.07, 6.45) is 3.98. The van der Waals surface area contributed by atoms with Crippen molar-refractivity contribution in [2.45, 2.75) is 26.7 Å². The van der Waals surface area contributed by atoms with E-state index in [9.17, 15) is 4.79 Å². The second-order valence-electron chi connectivity index (χ2n) is 8.11. The van der Waals surface area contributed by atoms with Crippen LogP contribution in [0.2, 0.25) is 0 Å². The van der Waals surface area contributed by atoms with Crippen molar-refractivity contribution >= 4 is 34.0 Å². The molecule has 2 fully saturated rings. The number of carbonyl (C=O) groups excluding carboxylic acids is 1. The molecule has 3 aromatic rings. The molecule has 0 bridgehead atoms. The number of amides is 1. The smallest absolute Gasteiger partial charge is 0.225 e. The van der Waals surface area contributed by atoms with Crippen molar-refractivity contribution in [2.24, 2.45) is 11.8 Å². The maximum atomic E-state index is 12.6. The topological polar surface area (TPSA) is 65.1 Å². The molecule has 6 nitrogen and oxygen atoms in total. The Balaban J connectivity index is 1.34.